The molecule has 0 atom stereocenters. The molecule has 2 amide bonds. The van der Waals surface area contributed by atoms with E-state index in [1.165, 1.54) is 11.3 Å². The first-order chi connectivity index (χ1) is 12.4. The zero-order chi connectivity index (χ0) is 18.7. The molecule has 0 aliphatic carbocycles. The minimum atomic E-state index is -1.02. The summed E-state index contributed by atoms with van der Waals surface area (Å²) in [6.45, 7) is 10.7. The molecule has 0 N–H and O–H groups in total. The quantitative estimate of drug-likeness (QED) is 0.768. The first kappa shape index (κ1) is 18.7. The Hall–Kier alpha value is -2.08. The van der Waals surface area contributed by atoms with Crippen molar-refractivity contribution in [1.29, 1.82) is 0 Å². The smallest absolute Gasteiger partial charge is 0.237 e. The zero-order valence-corrected chi connectivity index (χ0v) is 16.0. The number of aryl methyl sites for hydroxylation is 1. The fraction of sp³-hybridized carbons (Fsp3) is 0.600. The summed E-state index contributed by atoms with van der Waals surface area (Å²) in [5, 5.41) is 0. The second kappa shape index (κ2) is 7.66. The molecule has 2 aliphatic rings. The van der Waals surface area contributed by atoms with Crippen LogP contribution >= 0.6 is 0 Å². The summed E-state index contributed by atoms with van der Waals surface area (Å²) in [6.07, 6.45) is 0. The number of benzene rings is 1. The number of rotatable bonds is 3. The van der Waals surface area contributed by atoms with Crippen molar-refractivity contribution in [3.63, 3.8) is 0 Å². The molecule has 3 rings (SSSR count). The number of nitrogens with zero attached hydrogens (tertiary/aromatic N) is 3. The maximum Gasteiger partial charge on any atom is 0.237 e. The van der Waals surface area contributed by atoms with Gasteiger partial charge in [0.15, 0.2) is 0 Å². The molecule has 2 aliphatic heterocycles. The molecule has 0 aromatic heterocycles. The van der Waals surface area contributed by atoms with E-state index in [9.17, 15) is 9.59 Å². The molecular weight excluding hydrogens is 330 g/mol. The lowest BCUT2D eigenvalue weighted by molar-refractivity contribution is -0.156. The van der Waals surface area contributed by atoms with Crippen molar-refractivity contribution >= 4 is 17.5 Å². The van der Waals surface area contributed by atoms with Crippen LogP contribution in [0, 0.1) is 12.3 Å². The van der Waals surface area contributed by atoms with Gasteiger partial charge >= 0.3 is 0 Å². The van der Waals surface area contributed by atoms with E-state index in [0.29, 0.717) is 39.4 Å². The van der Waals surface area contributed by atoms with Gasteiger partial charge < -0.3 is 19.4 Å². The van der Waals surface area contributed by atoms with Gasteiger partial charge in [0.25, 0.3) is 0 Å². The molecular formula is C20H29N3O3. The fourth-order valence-corrected chi connectivity index (χ4v) is 3.64. The number of hydrogen-bond acceptors (Lipinski definition) is 4. The zero-order valence-electron chi connectivity index (χ0n) is 16.0. The van der Waals surface area contributed by atoms with E-state index in [-0.39, 0.29) is 11.8 Å². The molecule has 0 unspecified atom stereocenters. The summed E-state index contributed by atoms with van der Waals surface area (Å²) in [7, 11) is 0. The third-order valence-corrected chi connectivity index (χ3v) is 5.30. The lowest BCUT2D eigenvalue weighted by Gasteiger charge is -2.40. The van der Waals surface area contributed by atoms with Gasteiger partial charge in [-0.3, -0.25) is 9.59 Å². The highest BCUT2D eigenvalue weighted by atomic mass is 16.5. The summed E-state index contributed by atoms with van der Waals surface area (Å²) in [5.74, 6) is -0.162. The van der Waals surface area contributed by atoms with E-state index >= 15 is 0 Å². The highest BCUT2D eigenvalue weighted by Gasteiger charge is 2.42. The Morgan fingerprint density at radius 2 is 1.50 bits per heavy atom. The first-order valence-electron chi connectivity index (χ1n) is 9.38. The van der Waals surface area contributed by atoms with Crippen LogP contribution in [0.2, 0.25) is 0 Å². The van der Waals surface area contributed by atoms with E-state index in [1.807, 2.05) is 4.90 Å². The maximum absolute atomic E-state index is 13.0. The van der Waals surface area contributed by atoms with E-state index in [1.54, 1.807) is 18.7 Å². The van der Waals surface area contributed by atoms with Crippen molar-refractivity contribution in [2.24, 2.45) is 5.41 Å². The summed E-state index contributed by atoms with van der Waals surface area (Å²) in [5.41, 5.74) is 1.40. The van der Waals surface area contributed by atoms with Crippen LogP contribution in [0.3, 0.4) is 0 Å². The molecule has 0 radical (unpaired) electrons. The predicted octanol–water partition coefficient (Wildman–Crippen LogP) is 1.53. The Morgan fingerprint density at radius 1 is 0.923 bits per heavy atom. The minimum absolute atomic E-state index is 0.0714. The molecule has 6 nitrogen and oxygen atoms in total. The van der Waals surface area contributed by atoms with Crippen molar-refractivity contribution < 1.29 is 14.3 Å². The average Bonchev–Trinajstić information content (AvgIpc) is 2.67. The predicted molar refractivity (Wildman–Crippen MR) is 101 cm³/mol. The third kappa shape index (κ3) is 3.85. The molecule has 1 aromatic carbocycles. The monoisotopic (exact) mass is 359 g/mol. The molecule has 1 aromatic rings. The van der Waals surface area contributed by atoms with Crippen molar-refractivity contribution in [1.82, 2.24) is 9.80 Å². The molecule has 6 heteroatoms. The van der Waals surface area contributed by atoms with Crippen molar-refractivity contribution in [2.75, 3.05) is 57.4 Å². The number of carbonyl (C=O) groups excluding carboxylic acids is 2. The molecule has 2 heterocycles. The largest absolute Gasteiger partial charge is 0.378 e. The number of carbonyl (C=O) groups is 2. The number of amides is 2. The Balaban J connectivity index is 1.61. The van der Waals surface area contributed by atoms with Gasteiger partial charge in [0.2, 0.25) is 11.8 Å². The highest BCUT2D eigenvalue weighted by molar-refractivity contribution is 6.04. The molecule has 142 valence electrons. The van der Waals surface area contributed by atoms with E-state index < -0.39 is 5.41 Å². The van der Waals surface area contributed by atoms with Gasteiger partial charge in [-0.2, -0.15) is 0 Å². The van der Waals surface area contributed by atoms with Crippen LogP contribution in [0.15, 0.2) is 24.3 Å². The molecule has 26 heavy (non-hydrogen) atoms. The van der Waals surface area contributed by atoms with Gasteiger partial charge in [0.05, 0.1) is 13.2 Å². The lowest BCUT2D eigenvalue weighted by atomic mass is 9.89. The lowest BCUT2D eigenvalue weighted by Crippen LogP contribution is -2.57. The van der Waals surface area contributed by atoms with Crippen LogP contribution in [-0.4, -0.2) is 74.1 Å². The topological polar surface area (TPSA) is 53.1 Å². The van der Waals surface area contributed by atoms with Gasteiger partial charge in [0, 0.05) is 45.0 Å². The van der Waals surface area contributed by atoms with Crippen LogP contribution in [0.5, 0.6) is 0 Å². The summed E-state index contributed by atoms with van der Waals surface area (Å²) in [6, 6.07) is 8.43. The van der Waals surface area contributed by atoms with Crippen molar-refractivity contribution in [3.05, 3.63) is 29.8 Å². The van der Waals surface area contributed by atoms with Gasteiger partial charge in [0.1, 0.15) is 5.41 Å². The Bertz CT molecular complexity index is 660. The van der Waals surface area contributed by atoms with E-state index in [4.69, 9.17) is 4.74 Å². The number of ether oxygens (including phenoxy) is 1. The normalized spacial score (nSPS) is 18.8. The van der Waals surface area contributed by atoms with E-state index in [0.717, 1.165) is 13.1 Å². The van der Waals surface area contributed by atoms with Gasteiger partial charge in [-0.1, -0.05) is 12.1 Å². The summed E-state index contributed by atoms with van der Waals surface area (Å²) >= 11 is 0. The Morgan fingerprint density at radius 3 is 2.08 bits per heavy atom. The number of piperazine rings is 1. The molecule has 2 fully saturated rings. The van der Waals surface area contributed by atoms with Gasteiger partial charge in [-0.25, -0.2) is 0 Å². The van der Waals surface area contributed by atoms with Crippen LogP contribution in [0.25, 0.3) is 0 Å². The van der Waals surface area contributed by atoms with Crippen LogP contribution in [-0.2, 0) is 14.3 Å². The number of morpholine rings is 1. The number of anilines is 1. The van der Waals surface area contributed by atoms with Gasteiger partial charge in [-0.15, -0.1) is 0 Å². The summed E-state index contributed by atoms with van der Waals surface area (Å²) in [4.78, 5) is 31.8. The second-order valence-corrected chi connectivity index (χ2v) is 7.65. The second-order valence-electron chi connectivity index (χ2n) is 7.65. The number of hydrogen-bond donors (Lipinski definition) is 0. The SMILES string of the molecule is Cc1cccc(N2CCN(C(=O)C(C)(C)C(=O)N3CCOCC3)CC2)c1. The molecule has 0 spiro atoms. The van der Waals surface area contributed by atoms with Crippen LogP contribution in [0.4, 0.5) is 5.69 Å². The fourth-order valence-electron chi connectivity index (χ4n) is 3.64. The van der Waals surface area contributed by atoms with Crippen LogP contribution in [0.1, 0.15) is 19.4 Å². The minimum Gasteiger partial charge on any atom is -0.378 e. The maximum atomic E-state index is 13.0. The molecule has 0 bridgehead atoms. The first-order valence-corrected chi connectivity index (χ1v) is 9.38. The summed E-state index contributed by atoms with van der Waals surface area (Å²) < 4.78 is 5.31. The van der Waals surface area contributed by atoms with Crippen LogP contribution < -0.4 is 4.90 Å². The highest BCUT2D eigenvalue weighted by Crippen LogP contribution is 2.25. The third-order valence-electron chi connectivity index (χ3n) is 5.30. The van der Waals surface area contributed by atoms with Crippen molar-refractivity contribution in [3.8, 4) is 0 Å². The average molecular weight is 359 g/mol. The molecule has 0 saturated carbocycles. The van der Waals surface area contributed by atoms with E-state index in [2.05, 4.69) is 36.1 Å². The molecule has 2 saturated heterocycles. The Labute approximate surface area is 155 Å². The standard InChI is InChI=1S/C20H29N3O3/c1-16-5-4-6-17(15-16)21-7-9-22(10-8-21)18(24)20(2,3)19(25)23-11-13-26-14-12-23/h4-6,15H,7-14H2,1-3H3. The Kier molecular flexibility index (Phi) is 5.51. The van der Waals surface area contributed by atoms with Crippen molar-refractivity contribution in [2.45, 2.75) is 20.8 Å². The van der Waals surface area contributed by atoms with Gasteiger partial charge in [-0.05, 0) is 38.5 Å².